The molecule has 0 radical (unpaired) electrons. The standard InChI is InChI=1S/C14H18N2O4/c1-9(2)8-15(11-4-5-11)14(18)10-3-6-12(16(19)20)13(17)7-10/h3,6-7,9,11,17H,4-5,8H2,1-2H3. The maximum Gasteiger partial charge on any atom is 0.310 e. The third kappa shape index (κ3) is 3.07. The first kappa shape index (κ1) is 14.3. The number of carbonyl (C=O) groups excluding carboxylic acids is 1. The van der Waals surface area contributed by atoms with Crippen molar-refractivity contribution in [2.24, 2.45) is 5.92 Å². The highest BCUT2D eigenvalue weighted by Crippen LogP contribution is 2.31. The number of benzene rings is 1. The van der Waals surface area contributed by atoms with Gasteiger partial charge in [-0.25, -0.2) is 0 Å². The molecule has 1 aromatic carbocycles. The van der Waals surface area contributed by atoms with Gasteiger partial charge in [-0.1, -0.05) is 13.8 Å². The molecule has 1 fully saturated rings. The summed E-state index contributed by atoms with van der Waals surface area (Å²) in [5, 5.41) is 20.3. The van der Waals surface area contributed by atoms with E-state index in [1.807, 2.05) is 13.8 Å². The van der Waals surface area contributed by atoms with Gasteiger partial charge in [-0.3, -0.25) is 14.9 Å². The van der Waals surface area contributed by atoms with Gasteiger partial charge < -0.3 is 10.0 Å². The summed E-state index contributed by atoms with van der Waals surface area (Å²) in [7, 11) is 0. The third-order valence-corrected chi connectivity index (χ3v) is 3.23. The Morgan fingerprint density at radius 2 is 2.15 bits per heavy atom. The Hall–Kier alpha value is -2.11. The Morgan fingerprint density at radius 3 is 2.60 bits per heavy atom. The van der Waals surface area contributed by atoms with Crippen LogP contribution in [0.4, 0.5) is 5.69 Å². The van der Waals surface area contributed by atoms with Gasteiger partial charge in [0, 0.05) is 24.2 Å². The van der Waals surface area contributed by atoms with Crippen molar-refractivity contribution in [1.29, 1.82) is 0 Å². The van der Waals surface area contributed by atoms with Crippen LogP contribution in [-0.2, 0) is 0 Å². The monoisotopic (exact) mass is 278 g/mol. The molecule has 0 aromatic heterocycles. The van der Waals surface area contributed by atoms with E-state index in [0.29, 0.717) is 18.0 Å². The molecule has 2 rings (SSSR count). The number of carbonyl (C=O) groups is 1. The molecular weight excluding hydrogens is 260 g/mol. The molecule has 0 heterocycles. The van der Waals surface area contributed by atoms with Crippen LogP contribution in [0.3, 0.4) is 0 Å². The molecule has 1 N–H and O–H groups in total. The Balaban J connectivity index is 2.23. The number of phenols is 1. The van der Waals surface area contributed by atoms with Crippen molar-refractivity contribution in [1.82, 2.24) is 4.90 Å². The van der Waals surface area contributed by atoms with E-state index in [-0.39, 0.29) is 17.6 Å². The topological polar surface area (TPSA) is 83.7 Å². The summed E-state index contributed by atoms with van der Waals surface area (Å²) in [5.41, 5.74) is -0.0935. The number of nitro benzene ring substituents is 1. The number of aromatic hydroxyl groups is 1. The first-order valence-electron chi connectivity index (χ1n) is 6.68. The summed E-state index contributed by atoms with van der Waals surface area (Å²) < 4.78 is 0. The highest BCUT2D eigenvalue weighted by molar-refractivity contribution is 5.95. The Bertz CT molecular complexity index is 538. The molecule has 6 heteroatoms. The lowest BCUT2D eigenvalue weighted by Gasteiger charge is -2.24. The van der Waals surface area contributed by atoms with E-state index in [1.165, 1.54) is 18.2 Å². The highest BCUT2D eigenvalue weighted by atomic mass is 16.6. The van der Waals surface area contributed by atoms with E-state index in [9.17, 15) is 20.0 Å². The fraction of sp³-hybridized carbons (Fsp3) is 0.500. The number of hydrogen-bond acceptors (Lipinski definition) is 4. The minimum Gasteiger partial charge on any atom is -0.502 e. The fourth-order valence-electron chi connectivity index (χ4n) is 2.15. The van der Waals surface area contributed by atoms with Gasteiger partial charge in [-0.15, -0.1) is 0 Å². The number of rotatable bonds is 5. The second-order valence-corrected chi connectivity index (χ2v) is 5.54. The van der Waals surface area contributed by atoms with Crippen LogP contribution in [0, 0.1) is 16.0 Å². The van der Waals surface area contributed by atoms with E-state index < -0.39 is 10.7 Å². The van der Waals surface area contributed by atoms with E-state index in [2.05, 4.69) is 0 Å². The SMILES string of the molecule is CC(C)CN(C(=O)c1ccc([N+](=O)[O-])c(O)c1)C1CC1. The van der Waals surface area contributed by atoms with Crippen molar-refractivity contribution in [2.75, 3.05) is 6.54 Å². The molecule has 0 saturated heterocycles. The smallest absolute Gasteiger partial charge is 0.310 e. The lowest BCUT2D eigenvalue weighted by molar-refractivity contribution is -0.385. The largest absolute Gasteiger partial charge is 0.502 e. The first-order chi connectivity index (χ1) is 9.40. The molecule has 0 aliphatic heterocycles. The van der Waals surface area contributed by atoms with Crippen LogP contribution in [0.15, 0.2) is 18.2 Å². The molecule has 6 nitrogen and oxygen atoms in total. The molecule has 1 aliphatic carbocycles. The maximum absolute atomic E-state index is 12.4. The zero-order valence-electron chi connectivity index (χ0n) is 11.6. The zero-order valence-corrected chi connectivity index (χ0v) is 11.6. The van der Waals surface area contributed by atoms with E-state index in [1.54, 1.807) is 4.90 Å². The van der Waals surface area contributed by atoms with Gasteiger partial charge in [0.15, 0.2) is 5.75 Å². The van der Waals surface area contributed by atoms with Gasteiger partial charge in [0.05, 0.1) is 4.92 Å². The van der Waals surface area contributed by atoms with E-state index >= 15 is 0 Å². The summed E-state index contributed by atoms with van der Waals surface area (Å²) in [5.74, 6) is -0.293. The van der Waals surface area contributed by atoms with Crippen molar-refractivity contribution >= 4 is 11.6 Å². The summed E-state index contributed by atoms with van der Waals surface area (Å²) >= 11 is 0. The number of amides is 1. The average Bonchev–Trinajstić information content (AvgIpc) is 3.18. The van der Waals surface area contributed by atoms with Crippen LogP contribution >= 0.6 is 0 Å². The molecule has 1 amide bonds. The molecule has 1 aromatic rings. The lowest BCUT2D eigenvalue weighted by Crippen LogP contribution is -2.36. The molecule has 1 aliphatic rings. The third-order valence-electron chi connectivity index (χ3n) is 3.23. The Morgan fingerprint density at radius 1 is 1.50 bits per heavy atom. The maximum atomic E-state index is 12.4. The normalized spacial score (nSPS) is 14.3. The van der Waals surface area contributed by atoms with Crippen molar-refractivity contribution in [3.05, 3.63) is 33.9 Å². The van der Waals surface area contributed by atoms with Crippen LogP contribution in [0.2, 0.25) is 0 Å². The molecule has 1 saturated carbocycles. The number of nitro groups is 1. The molecular formula is C14H18N2O4. The van der Waals surface area contributed by atoms with E-state index in [4.69, 9.17) is 0 Å². The Kier molecular flexibility index (Phi) is 3.92. The van der Waals surface area contributed by atoms with Gasteiger partial charge in [-0.05, 0) is 30.9 Å². The highest BCUT2D eigenvalue weighted by Gasteiger charge is 2.33. The van der Waals surface area contributed by atoms with Crippen LogP contribution in [0.25, 0.3) is 0 Å². The molecule has 0 unspecified atom stereocenters. The van der Waals surface area contributed by atoms with Gasteiger partial charge in [0.25, 0.3) is 5.91 Å². The minimum atomic E-state index is -0.670. The quantitative estimate of drug-likeness (QED) is 0.662. The summed E-state index contributed by atoms with van der Waals surface area (Å²) in [6, 6.07) is 4.01. The number of nitrogens with zero attached hydrogens (tertiary/aromatic N) is 2. The lowest BCUT2D eigenvalue weighted by atomic mass is 10.1. The summed E-state index contributed by atoms with van der Waals surface area (Å²) in [6.45, 7) is 4.73. The first-order valence-corrected chi connectivity index (χ1v) is 6.68. The van der Waals surface area contributed by atoms with Crippen molar-refractivity contribution in [2.45, 2.75) is 32.7 Å². The van der Waals surface area contributed by atoms with Gasteiger partial charge in [-0.2, -0.15) is 0 Å². The second-order valence-electron chi connectivity index (χ2n) is 5.54. The predicted octanol–water partition coefficient (Wildman–Crippen LogP) is 2.56. The van der Waals surface area contributed by atoms with Crippen LogP contribution < -0.4 is 0 Å². The number of phenolic OH excluding ortho intramolecular Hbond substituents is 1. The summed E-state index contributed by atoms with van der Waals surface area (Å²) in [6.07, 6.45) is 1.99. The molecule has 108 valence electrons. The molecule has 0 bridgehead atoms. The van der Waals surface area contributed by atoms with Crippen molar-refractivity contribution in [3.8, 4) is 5.75 Å². The minimum absolute atomic E-state index is 0.175. The van der Waals surface area contributed by atoms with Gasteiger partial charge in [0.2, 0.25) is 0 Å². The van der Waals surface area contributed by atoms with Crippen LogP contribution in [0.5, 0.6) is 5.75 Å². The predicted molar refractivity (Wildman–Crippen MR) is 73.7 cm³/mol. The van der Waals surface area contributed by atoms with Crippen molar-refractivity contribution in [3.63, 3.8) is 0 Å². The van der Waals surface area contributed by atoms with E-state index in [0.717, 1.165) is 12.8 Å². The van der Waals surface area contributed by atoms with Crippen molar-refractivity contribution < 1.29 is 14.8 Å². The number of hydrogen-bond donors (Lipinski definition) is 1. The molecule has 20 heavy (non-hydrogen) atoms. The molecule has 0 spiro atoms. The fourth-order valence-corrected chi connectivity index (χ4v) is 2.15. The average molecular weight is 278 g/mol. The van der Waals surface area contributed by atoms with Crippen LogP contribution in [0.1, 0.15) is 37.0 Å². The van der Waals surface area contributed by atoms with Gasteiger partial charge in [0.1, 0.15) is 0 Å². The summed E-state index contributed by atoms with van der Waals surface area (Å²) in [4.78, 5) is 24.2. The van der Waals surface area contributed by atoms with Gasteiger partial charge >= 0.3 is 5.69 Å². The second kappa shape index (κ2) is 5.48. The zero-order chi connectivity index (χ0) is 14.9. The Labute approximate surface area is 117 Å². The molecule has 0 atom stereocenters. The van der Waals surface area contributed by atoms with Crippen LogP contribution in [-0.4, -0.2) is 33.4 Å².